The van der Waals surface area contributed by atoms with E-state index in [4.69, 9.17) is 24.7 Å². The van der Waals surface area contributed by atoms with Crippen LogP contribution in [0.15, 0.2) is 18.2 Å². The highest BCUT2D eigenvalue weighted by Crippen LogP contribution is 2.29. The van der Waals surface area contributed by atoms with Gasteiger partial charge in [-0.25, -0.2) is 4.79 Å². The summed E-state index contributed by atoms with van der Waals surface area (Å²) in [7, 11) is 3.13. The van der Waals surface area contributed by atoms with E-state index >= 15 is 0 Å². The van der Waals surface area contributed by atoms with Gasteiger partial charge in [0.15, 0.2) is 11.5 Å². The van der Waals surface area contributed by atoms with Crippen molar-refractivity contribution in [2.24, 2.45) is 5.73 Å². The highest BCUT2D eigenvalue weighted by atomic mass is 16.6. The molecule has 0 fully saturated rings. The Morgan fingerprint density at radius 3 is 2.55 bits per heavy atom. The van der Waals surface area contributed by atoms with Crippen molar-refractivity contribution in [1.82, 2.24) is 0 Å². The molecular formula is C14H21NO5. The molecule has 0 aliphatic rings. The maximum Gasteiger partial charge on any atom is 0.332 e. The average molecular weight is 283 g/mol. The summed E-state index contributed by atoms with van der Waals surface area (Å²) in [6.07, 6.45) is 0. The first-order valence-electron chi connectivity index (χ1n) is 6.33. The van der Waals surface area contributed by atoms with Crippen molar-refractivity contribution >= 4 is 5.97 Å². The highest BCUT2D eigenvalue weighted by molar-refractivity contribution is 5.70. The largest absolute Gasteiger partial charge is 0.493 e. The van der Waals surface area contributed by atoms with Crippen molar-refractivity contribution in [3.05, 3.63) is 23.8 Å². The molecule has 0 heterocycles. The second kappa shape index (κ2) is 8.39. The van der Waals surface area contributed by atoms with Gasteiger partial charge in [0.2, 0.25) is 0 Å². The lowest BCUT2D eigenvalue weighted by atomic mass is 10.1. The van der Waals surface area contributed by atoms with Crippen LogP contribution < -0.4 is 15.2 Å². The minimum atomic E-state index is -0.396. The molecule has 0 saturated heterocycles. The Morgan fingerprint density at radius 1 is 1.25 bits per heavy atom. The van der Waals surface area contributed by atoms with Crippen molar-refractivity contribution in [1.29, 1.82) is 0 Å². The zero-order chi connectivity index (χ0) is 15.0. The molecule has 1 aromatic carbocycles. The van der Waals surface area contributed by atoms with Gasteiger partial charge in [-0.2, -0.15) is 0 Å². The van der Waals surface area contributed by atoms with Crippen LogP contribution in [-0.4, -0.2) is 40.0 Å². The second-order valence-corrected chi connectivity index (χ2v) is 4.04. The molecule has 0 spiro atoms. The van der Waals surface area contributed by atoms with Crippen molar-refractivity contribution < 1.29 is 23.7 Å². The highest BCUT2D eigenvalue weighted by Gasteiger charge is 2.12. The molecule has 0 aliphatic carbocycles. The summed E-state index contributed by atoms with van der Waals surface area (Å²) in [5.74, 6) is 0.841. The maximum absolute atomic E-state index is 11.1. The first-order chi connectivity index (χ1) is 9.62. The third-order valence-corrected chi connectivity index (χ3v) is 2.66. The van der Waals surface area contributed by atoms with Gasteiger partial charge in [-0.3, -0.25) is 0 Å². The Hall–Kier alpha value is -1.79. The summed E-state index contributed by atoms with van der Waals surface area (Å²) in [6.45, 7) is 2.19. The molecule has 20 heavy (non-hydrogen) atoms. The number of benzene rings is 1. The van der Waals surface area contributed by atoms with Crippen LogP contribution >= 0.6 is 0 Å². The number of methoxy groups -OCH3 is 2. The number of ether oxygens (including phenoxy) is 4. The fourth-order valence-corrected chi connectivity index (χ4v) is 1.65. The fourth-order valence-electron chi connectivity index (χ4n) is 1.65. The number of carbonyl (C=O) groups is 1. The zero-order valence-corrected chi connectivity index (χ0v) is 12.0. The van der Waals surface area contributed by atoms with Crippen LogP contribution in [0.5, 0.6) is 11.5 Å². The summed E-state index contributed by atoms with van der Waals surface area (Å²) in [5.41, 5.74) is 6.84. The fraction of sp³-hybridized carbons (Fsp3) is 0.500. The standard InChI is InChI=1S/C14H21NO5/c1-4-20-14(16)9-19-8-11(15)10-5-6-12(17-2)13(7-10)18-3/h5-7,11H,4,8-9,15H2,1-3H3. The summed E-state index contributed by atoms with van der Waals surface area (Å²) in [4.78, 5) is 11.1. The Bertz CT molecular complexity index is 436. The molecule has 1 atom stereocenters. The number of hydrogen-bond acceptors (Lipinski definition) is 6. The summed E-state index contributed by atoms with van der Waals surface area (Å²) >= 11 is 0. The van der Waals surface area contributed by atoms with Crippen LogP contribution in [0.1, 0.15) is 18.5 Å². The minimum Gasteiger partial charge on any atom is -0.493 e. The van der Waals surface area contributed by atoms with Crippen molar-refractivity contribution in [2.75, 3.05) is 34.0 Å². The summed E-state index contributed by atoms with van der Waals surface area (Å²) in [5, 5.41) is 0. The summed E-state index contributed by atoms with van der Waals surface area (Å²) < 4.78 is 20.3. The molecule has 1 aromatic rings. The predicted molar refractivity (Wildman–Crippen MR) is 73.9 cm³/mol. The third-order valence-electron chi connectivity index (χ3n) is 2.66. The van der Waals surface area contributed by atoms with Crippen LogP contribution in [0.4, 0.5) is 0 Å². The van der Waals surface area contributed by atoms with Crippen molar-refractivity contribution in [3.8, 4) is 11.5 Å². The van der Waals surface area contributed by atoms with Crippen LogP contribution in [0.25, 0.3) is 0 Å². The number of rotatable bonds is 8. The molecule has 0 amide bonds. The Morgan fingerprint density at radius 2 is 1.95 bits per heavy atom. The molecule has 0 aromatic heterocycles. The third kappa shape index (κ3) is 4.71. The molecule has 112 valence electrons. The molecule has 2 N–H and O–H groups in total. The van der Waals surface area contributed by atoms with E-state index in [0.717, 1.165) is 5.56 Å². The van der Waals surface area contributed by atoms with E-state index in [0.29, 0.717) is 18.1 Å². The van der Waals surface area contributed by atoms with Crippen LogP contribution in [0.3, 0.4) is 0 Å². The zero-order valence-electron chi connectivity index (χ0n) is 12.0. The van der Waals surface area contributed by atoms with Gasteiger partial charge in [-0.15, -0.1) is 0 Å². The topological polar surface area (TPSA) is 80.0 Å². The number of hydrogen-bond donors (Lipinski definition) is 1. The predicted octanol–water partition coefficient (Wildman–Crippen LogP) is 1.28. The lowest BCUT2D eigenvalue weighted by Crippen LogP contribution is -2.21. The molecule has 0 bridgehead atoms. The number of esters is 1. The van der Waals surface area contributed by atoms with E-state index in [9.17, 15) is 4.79 Å². The lowest BCUT2D eigenvalue weighted by Gasteiger charge is -2.15. The van der Waals surface area contributed by atoms with Gasteiger partial charge in [0.05, 0.1) is 33.5 Å². The van der Waals surface area contributed by atoms with Crippen LogP contribution in [0.2, 0.25) is 0 Å². The summed E-state index contributed by atoms with van der Waals surface area (Å²) in [6, 6.07) is 5.04. The molecule has 0 aliphatic heterocycles. The number of nitrogens with two attached hydrogens (primary N) is 1. The SMILES string of the molecule is CCOC(=O)COCC(N)c1ccc(OC)c(OC)c1. The maximum atomic E-state index is 11.1. The molecule has 0 radical (unpaired) electrons. The van der Waals surface area contributed by atoms with E-state index in [1.807, 2.05) is 6.07 Å². The Kier molecular flexibility index (Phi) is 6.83. The van der Waals surface area contributed by atoms with E-state index < -0.39 is 5.97 Å². The average Bonchev–Trinajstić information content (AvgIpc) is 2.46. The Balaban J connectivity index is 2.55. The van der Waals surface area contributed by atoms with E-state index in [1.54, 1.807) is 33.3 Å². The quantitative estimate of drug-likeness (QED) is 0.724. The van der Waals surface area contributed by atoms with Crippen LogP contribution in [0, 0.1) is 0 Å². The van der Waals surface area contributed by atoms with Crippen molar-refractivity contribution in [3.63, 3.8) is 0 Å². The monoisotopic (exact) mass is 283 g/mol. The first kappa shape index (κ1) is 16.3. The molecule has 0 saturated carbocycles. The first-order valence-corrected chi connectivity index (χ1v) is 6.33. The Labute approximate surface area is 118 Å². The molecule has 1 rings (SSSR count). The van der Waals surface area contributed by atoms with Gasteiger partial charge < -0.3 is 24.7 Å². The smallest absolute Gasteiger partial charge is 0.332 e. The minimum absolute atomic E-state index is 0.102. The van der Waals surface area contributed by atoms with E-state index in [-0.39, 0.29) is 19.3 Å². The van der Waals surface area contributed by atoms with E-state index in [2.05, 4.69) is 0 Å². The lowest BCUT2D eigenvalue weighted by molar-refractivity contribution is -0.148. The molecule has 6 heteroatoms. The molecule has 1 unspecified atom stereocenters. The number of carbonyl (C=O) groups excluding carboxylic acids is 1. The van der Waals surface area contributed by atoms with Crippen molar-refractivity contribution in [2.45, 2.75) is 13.0 Å². The van der Waals surface area contributed by atoms with Gasteiger partial charge in [0.1, 0.15) is 6.61 Å². The van der Waals surface area contributed by atoms with Gasteiger partial charge in [0.25, 0.3) is 0 Å². The molecule has 6 nitrogen and oxygen atoms in total. The van der Waals surface area contributed by atoms with Gasteiger partial charge in [-0.05, 0) is 24.6 Å². The van der Waals surface area contributed by atoms with Gasteiger partial charge in [-0.1, -0.05) is 6.07 Å². The normalized spacial score (nSPS) is 11.8. The molecular weight excluding hydrogens is 262 g/mol. The van der Waals surface area contributed by atoms with Gasteiger partial charge in [0, 0.05) is 0 Å². The van der Waals surface area contributed by atoms with Gasteiger partial charge >= 0.3 is 5.97 Å². The van der Waals surface area contributed by atoms with Crippen LogP contribution in [-0.2, 0) is 14.3 Å². The second-order valence-electron chi connectivity index (χ2n) is 4.04. The van der Waals surface area contributed by atoms with E-state index in [1.165, 1.54) is 0 Å².